The third kappa shape index (κ3) is 4.20. The highest BCUT2D eigenvalue weighted by atomic mass is 19.1. The minimum atomic E-state index is -0.0982. The van der Waals surface area contributed by atoms with Gasteiger partial charge in [-0.15, -0.1) is 0 Å². The second-order valence-electron chi connectivity index (χ2n) is 5.34. The van der Waals surface area contributed by atoms with Crippen LogP contribution in [-0.4, -0.2) is 37.6 Å². The molecule has 0 saturated carbocycles. The van der Waals surface area contributed by atoms with Crippen molar-refractivity contribution in [2.45, 2.75) is 32.6 Å². The molecule has 0 unspecified atom stereocenters. The highest BCUT2D eigenvalue weighted by molar-refractivity contribution is 5.47. The van der Waals surface area contributed by atoms with Crippen molar-refractivity contribution in [1.29, 1.82) is 0 Å². The molecule has 0 amide bonds. The molecule has 3 heteroatoms. The fourth-order valence-electron chi connectivity index (χ4n) is 2.68. The van der Waals surface area contributed by atoms with E-state index in [1.807, 2.05) is 12.1 Å². The molecule has 1 saturated heterocycles. The predicted octanol–water partition coefficient (Wildman–Crippen LogP) is 3.53. The molecule has 0 atom stereocenters. The molecule has 0 N–H and O–H groups in total. The molecule has 0 spiro atoms. The average Bonchev–Trinajstić information content (AvgIpc) is 2.45. The summed E-state index contributed by atoms with van der Waals surface area (Å²) in [6.07, 6.45) is 5.27. The number of hydrogen-bond donors (Lipinski definition) is 0. The lowest BCUT2D eigenvalue weighted by molar-refractivity contribution is 0.251. The molecule has 2 nitrogen and oxygen atoms in total. The molecule has 1 fully saturated rings. The molecule has 0 bridgehead atoms. The number of benzene rings is 1. The zero-order valence-electron chi connectivity index (χ0n) is 11.9. The van der Waals surface area contributed by atoms with Crippen LogP contribution in [0, 0.1) is 5.82 Å². The minimum absolute atomic E-state index is 0.0982. The van der Waals surface area contributed by atoms with Gasteiger partial charge >= 0.3 is 0 Å². The van der Waals surface area contributed by atoms with Gasteiger partial charge < -0.3 is 4.90 Å². The summed E-state index contributed by atoms with van der Waals surface area (Å²) in [7, 11) is 0. The third-order valence-corrected chi connectivity index (χ3v) is 3.89. The van der Waals surface area contributed by atoms with Crippen LogP contribution >= 0.6 is 0 Å². The van der Waals surface area contributed by atoms with Gasteiger partial charge in [0.15, 0.2) is 0 Å². The lowest BCUT2D eigenvalue weighted by Gasteiger charge is -2.36. The first-order valence-corrected chi connectivity index (χ1v) is 7.53. The number of piperazine rings is 1. The van der Waals surface area contributed by atoms with Crippen LogP contribution < -0.4 is 4.90 Å². The molecule has 1 aromatic carbocycles. The van der Waals surface area contributed by atoms with E-state index in [0.717, 1.165) is 31.9 Å². The van der Waals surface area contributed by atoms with Crippen molar-refractivity contribution < 1.29 is 4.39 Å². The molecular weight excluding hydrogens is 239 g/mol. The highest BCUT2D eigenvalue weighted by Crippen LogP contribution is 2.20. The molecule has 19 heavy (non-hydrogen) atoms. The Labute approximate surface area is 116 Å². The molecule has 2 rings (SSSR count). The van der Waals surface area contributed by atoms with Crippen LogP contribution in [-0.2, 0) is 0 Å². The van der Waals surface area contributed by atoms with Gasteiger partial charge in [-0.1, -0.05) is 38.3 Å². The standard InChI is InChI=1S/C16H25FN2/c1-2-3-4-7-10-18-11-13-19(14-12-18)16-9-6-5-8-15(16)17/h5-6,8-9H,2-4,7,10-14H2,1H3. The van der Waals surface area contributed by atoms with E-state index >= 15 is 0 Å². The Kier molecular flexibility index (Phi) is 5.64. The van der Waals surface area contributed by atoms with Gasteiger partial charge in [-0.3, -0.25) is 4.90 Å². The monoisotopic (exact) mass is 264 g/mol. The Hall–Kier alpha value is -1.09. The summed E-state index contributed by atoms with van der Waals surface area (Å²) in [4.78, 5) is 4.67. The van der Waals surface area contributed by atoms with Crippen LogP contribution in [0.5, 0.6) is 0 Å². The van der Waals surface area contributed by atoms with Gasteiger partial charge in [0.25, 0.3) is 0 Å². The molecule has 106 valence electrons. The molecule has 0 aliphatic carbocycles. The van der Waals surface area contributed by atoms with Crippen molar-refractivity contribution in [1.82, 2.24) is 4.90 Å². The number of halogens is 1. The molecule has 1 aromatic rings. The minimum Gasteiger partial charge on any atom is -0.367 e. The van der Waals surface area contributed by atoms with Crippen LogP contribution in [0.4, 0.5) is 10.1 Å². The van der Waals surface area contributed by atoms with Gasteiger partial charge in [-0.2, -0.15) is 0 Å². The van der Waals surface area contributed by atoms with Crippen molar-refractivity contribution >= 4 is 5.69 Å². The number of anilines is 1. The Morgan fingerprint density at radius 2 is 1.74 bits per heavy atom. The van der Waals surface area contributed by atoms with E-state index in [1.165, 1.54) is 32.2 Å². The summed E-state index contributed by atoms with van der Waals surface area (Å²) >= 11 is 0. The topological polar surface area (TPSA) is 6.48 Å². The molecule has 0 aromatic heterocycles. The lowest BCUT2D eigenvalue weighted by Crippen LogP contribution is -2.46. The summed E-state index contributed by atoms with van der Waals surface area (Å²) in [5, 5.41) is 0. The van der Waals surface area contributed by atoms with Gasteiger partial charge in [0.1, 0.15) is 5.82 Å². The Morgan fingerprint density at radius 3 is 2.42 bits per heavy atom. The van der Waals surface area contributed by atoms with E-state index < -0.39 is 0 Å². The zero-order valence-corrected chi connectivity index (χ0v) is 11.9. The van der Waals surface area contributed by atoms with E-state index in [-0.39, 0.29) is 5.82 Å². The maximum Gasteiger partial charge on any atom is 0.146 e. The first-order valence-electron chi connectivity index (χ1n) is 7.53. The van der Waals surface area contributed by atoms with E-state index in [4.69, 9.17) is 0 Å². The smallest absolute Gasteiger partial charge is 0.146 e. The summed E-state index contributed by atoms with van der Waals surface area (Å²) < 4.78 is 13.7. The number of nitrogens with zero attached hydrogens (tertiary/aromatic N) is 2. The molecule has 1 aliphatic rings. The number of rotatable bonds is 6. The van der Waals surface area contributed by atoms with Crippen LogP contribution in [0.3, 0.4) is 0 Å². The first-order chi connectivity index (χ1) is 9.31. The SMILES string of the molecule is CCCCCCN1CCN(c2ccccc2F)CC1. The van der Waals surface area contributed by atoms with Crippen molar-refractivity contribution in [2.75, 3.05) is 37.6 Å². The molecule has 1 aliphatic heterocycles. The molecular formula is C16H25FN2. The fraction of sp³-hybridized carbons (Fsp3) is 0.625. The van der Waals surface area contributed by atoms with Crippen molar-refractivity contribution in [3.8, 4) is 0 Å². The maximum atomic E-state index is 13.7. The molecule has 1 heterocycles. The molecule has 0 radical (unpaired) electrons. The number of hydrogen-bond acceptors (Lipinski definition) is 2. The van der Waals surface area contributed by atoms with Gasteiger partial charge in [0, 0.05) is 26.2 Å². The van der Waals surface area contributed by atoms with Crippen LogP contribution in [0.1, 0.15) is 32.6 Å². The lowest BCUT2D eigenvalue weighted by atomic mass is 10.2. The van der Waals surface area contributed by atoms with E-state index in [0.29, 0.717) is 0 Å². The average molecular weight is 264 g/mol. The third-order valence-electron chi connectivity index (χ3n) is 3.89. The Balaban J connectivity index is 1.75. The van der Waals surface area contributed by atoms with E-state index in [1.54, 1.807) is 12.1 Å². The summed E-state index contributed by atoms with van der Waals surface area (Å²) in [6.45, 7) is 7.43. The summed E-state index contributed by atoms with van der Waals surface area (Å²) in [6, 6.07) is 7.09. The number of para-hydroxylation sites is 1. The van der Waals surface area contributed by atoms with Gasteiger partial charge in [-0.05, 0) is 25.1 Å². The van der Waals surface area contributed by atoms with Crippen LogP contribution in [0.25, 0.3) is 0 Å². The second-order valence-corrected chi connectivity index (χ2v) is 5.34. The quantitative estimate of drug-likeness (QED) is 0.725. The van der Waals surface area contributed by atoms with Crippen LogP contribution in [0.2, 0.25) is 0 Å². The summed E-state index contributed by atoms with van der Waals surface area (Å²) in [5.74, 6) is -0.0982. The normalized spacial score (nSPS) is 16.8. The van der Waals surface area contributed by atoms with Crippen molar-refractivity contribution in [3.05, 3.63) is 30.1 Å². The number of unbranched alkanes of at least 4 members (excludes halogenated alkanes) is 3. The van der Waals surface area contributed by atoms with Gasteiger partial charge in [-0.25, -0.2) is 4.39 Å². The second kappa shape index (κ2) is 7.49. The Morgan fingerprint density at radius 1 is 1.00 bits per heavy atom. The highest BCUT2D eigenvalue weighted by Gasteiger charge is 2.18. The van der Waals surface area contributed by atoms with E-state index in [9.17, 15) is 4.39 Å². The zero-order chi connectivity index (χ0) is 13.5. The van der Waals surface area contributed by atoms with Crippen molar-refractivity contribution in [2.24, 2.45) is 0 Å². The van der Waals surface area contributed by atoms with E-state index in [2.05, 4.69) is 16.7 Å². The van der Waals surface area contributed by atoms with Gasteiger partial charge in [0.05, 0.1) is 5.69 Å². The van der Waals surface area contributed by atoms with Crippen molar-refractivity contribution in [3.63, 3.8) is 0 Å². The predicted molar refractivity (Wildman–Crippen MR) is 79.2 cm³/mol. The largest absolute Gasteiger partial charge is 0.367 e. The van der Waals surface area contributed by atoms with Crippen LogP contribution in [0.15, 0.2) is 24.3 Å². The summed E-state index contributed by atoms with van der Waals surface area (Å²) in [5.41, 5.74) is 0.758. The maximum absolute atomic E-state index is 13.7. The Bertz CT molecular complexity index is 373. The first kappa shape index (κ1) is 14.3. The fourth-order valence-corrected chi connectivity index (χ4v) is 2.68. The van der Waals surface area contributed by atoms with Gasteiger partial charge in [0.2, 0.25) is 0 Å².